The molecule has 1 aromatic carbocycles. The molecule has 146 valence electrons. The lowest BCUT2D eigenvalue weighted by Crippen LogP contribution is -2.48. The van der Waals surface area contributed by atoms with Crippen LogP contribution in [-0.2, 0) is 6.54 Å². The summed E-state index contributed by atoms with van der Waals surface area (Å²) in [7, 11) is 0. The standard InChI is InChI=1S/C20H22ClN5O2/c1-14-10-17(23-28-14)13-24-6-8-25(9-7-24)20(27)19-12-22-26(15(19)2)18-5-3-4-16(21)11-18/h3-5,10-12H,6-9,13H2,1-2H3. The molecule has 0 bridgehead atoms. The number of halogens is 1. The molecule has 0 spiro atoms. The average Bonchev–Trinajstić information content (AvgIpc) is 3.27. The maximum atomic E-state index is 13.0. The number of nitrogens with zero attached hydrogens (tertiary/aromatic N) is 5. The summed E-state index contributed by atoms with van der Waals surface area (Å²) in [6, 6.07) is 9.39. The van der Waals surface area contributed by atoms with Crippen molar-refractivity contribution in [1.82, 2.24) is 24.7 Å². The average molecular weight is 400 g/mol. The number of hydrogen-bond donors (Lipinski definition) is 0. The third kappa shape index (κ3) is 3.81. The maximum absolute atomic E-state index is 13.0. The van der Waals surface area contributed by atoms with E-state index in [1.807, 2.05) is 49.1 Å². The van der Waals surface area contributed by atoms with Crippen LogP contribution in [0.15, 0.2) is 41.1 Å². The Morgan fingerprint density at radius 3 is 2.64 bits per heavy atom. The number of aryl methyl sites for hydroxylation is 1. The van der Waals surface area contributed by atoms with Gasteiger partial charge in [-0.25, -0.2) is 4.68 Å². The number of rotatable bonds is 4. The minimum absolute atomic E-state index is 0.0164. The van der Waals surface area contributed by atoms with E-state index >= 15 is 0 Å². The van der Waals surface area contributed by atoms with Gasteiger partial charge in [0.25, 0.3) is 5.91 Å². The lowest BCUT2D eigenvalue weighted by atomic mass is 10.2. The van der Waals surface area contributed by atoms with Crippen molar-refractivity contribution in [3.05, 3.63) is 64.3 Å². The highest BCUT2D eigenvalue weighted by Gasteiger charge is 2.25. The highest BCUT2D eigenvalue weighted by atomic mass is 35.5. The van der Waals surface area contributed by atoms with Crippen molar-refractivity contribution in [1.29, 1.82) is 0 Å². The van der Waals surface area contributed by atoms with Gasteiger partial charge in [-0.2, -0.15) is 5.10 Å². The Hall–Kier alpha value is -2.64. The molecule has 1 aliphatic heterocycles. The van der Waals surface area contributed by atoms with Gasteiger partial charge in [0, 0.05) is 43.8 Å². The van der Waals surface area contributed by atoms with Crippen LogP contribution in [-0.4, -0.2) is 56.8 Å². The lowest BCUT2D eigenvalue weighted by Gasteiger charge is -2.34. The largest absolute Gasteiger partial charge is 0.361 e. The van der Waals surface area contributed by atoms with Gasteiger partial charge in [-0.3, -0.25) is 9.69 Å². The van der Waals surface area contributed by atoms with E-state index < -0.39 is 0 Å². The van der Waals surface area contributed by atoms with Gasteiger partial charge in [0.2, 0.25) is 0 Å². The number of hydrogen-bond acceptors (Lipinski definition) is 5. The first-order chi connectivity index (χ1) is 13.5. The van der Waals surface area contributed by atoms with E-state index in [2.05, 4.69) is 15.2 Å². The van der Waals surface area contributed by atoms with E-state index in [-0.39, 0.29) is 5.91 Å². The zero-order valence-corrected chi connectivity index (χ0v) is 16.7. The number of aromatic nitrogens is 3. The summed E-state index contributed by atoms with van der Waals surface area (Å²) in [6.45, 7) is 7.50. The maximum Gasteiger partial charge on any atom is 0.257 e. The van der Waals surface area contributed by atoms with Gasteiger partial charge in [-0.1, -0.05) is 22.8 Å². The van der Waals surface area contributed by atoms with Gasteiger partial charge in [-0.05, 0) is 32.0 Å². The Morgan fingerprint density at radius 2 is 1.96 bits per heavy atom. The van der Waals surface area contributed by atoms with Crippen LogP contribution in [0.1, 0.15) is 27.5 Å². The van der Waals surface area contributed by atoms with Gasteiger partial charge >= 0.3 is 0 Å². The quantitative estimate of drug-likeness (QED) is 0.674. The molecule has 3 aromatic rings. The molecule has 4 rings (SSSR count). The summed E-state index contributed by atoms with van der Waals surface area (Å²) in [5.74, 6) is 0.832. The normalized spacial score (nSPS) is 15.2. The molecule has 28 heavy (non-hydrogen) atoms. The van der Waals surface area contributed by atoms with E-state index in [4.69, 9.17) is 16.1 Å². The molecule has 3 heterocycles. The first-order valence-electron chi connectivity index (χ1n) is 9.25. The molecule has 0 aliphatic carbocycles. The molecule has 1 fully saturated rings. The van der Waals surface area contributed by atoms with Gasteiger partial charge in [0.05, 0.1) is 28.8 Å². The summed E-state index contributed by atoms with van der Waals surface area (Å²) >= 11 is 6.08. The minimum Gasteiger partial charge on any atom is -0.361 e. The fourth-order valence-electron chi connectivity index (χ4n) is 3.49. The summed E-state index contributed by atoms with van der Waals surface area (Å²) < 4.78 is 6.88. The zero-order chi connectivity index (χ0) is 19.7. The van der Waals surface area contributed by atoms with Gasteiger partial charge in [0.15, 0.2) is 0 Å². The van der Waals surface area contributed by atoms with Crippen molar-refractivity contribution in [2.24, 2.45) is 0 Å². The van der Waals surface area contributed by atoms with E-state index in [1.165, 1.54) is 0 Å². The molecule has 8 heteroatoms. The molecular weight excluding hydrogens is 378 g/mol. The minimum atomic E-state index is 0.0164. The van der Waals surface area contributed by atoms with E-state index in [0.717, 1.165) is 42.5 Å². The number of carbonyl (C=O) groups excluding carboxylic acids is 1. The highest BCUT2D eigenvalue weighted by molar-refractivity contribution is 6.30. The zero-order valence-electron chi connectivity index (χ0n) is 15.9. The molecule has 0 unspecified atom stereocenters. The van der Waals surface area contributed by atoms with Crippen molar-refractivity contribution in [2.45, 2.75) is 20.4 Å². The summed E-state index contributed by atoms with van der Waals surface area (Å²) in [5.41, 5.74) is 3.21. The molecule has 0 saturated carbocycles. The molecule has 1 amide bonds. The molecule has 0 radical (unpaired) electrons. The first-order valence-corrected chi connectivity index (χ1v) is 9.63. The molecule has 7 nitrogen and oxygen atoms in total. The van der Waals surface area contributed by atoms with Gasteiger partial charge < -0.3 is 9.42 Å². The van der Waals surface area contributed by atoms with E-state index in [1.54, 1.807) is 10.9 Å². The van der Waals surface area contributed by atoms with Crippen LogP contribution in [0.4, 0.5) is 0 Å². The van der Waals surface area contributed by atoms with E-state index in [9.17, 15) is 4.79 Å². The number of benzene rings is 1. The summed E-state index contributed by atoms with van der Waals surface area (Å²) in [5, 5.41) is 9.08. The Morgan fingerprint density at radius 1 is 1.18 bits per heavy atom. The number of amides is 1. The Labute approximate surface area is 168 Å². The fourth-order valence-corrected chi connectivity index (χ4v) is 3.67. The number of piperazine rings is 1. The monoisotopic (exact) mass is 399 g/mol. The lowest BCUT2D eigenvalue weighted by molar-refractivity contribution is 0.0625. The van der Waals surface area contributed by atoms with Crippen molar-refractivity contribution < 1.29 is 9.32 Å². The SMILES string of the molecule is Cc1cc(CN2CCN(C(=O)c3cnn(-c4cccc(Cl)c4)c3C)CC2)no1. The van der Waals surface area contributed by atoms with Crippen LogP contribution >= 0.6 is 11.6 Å². The molecule has 2 aromatic heterocycles. The van der Waals surface area contributed by atoms with Crippen LogP contribution in [0.2, 0.25) is 5.02 Å². The van der Waals surface area contributed by atoms with Crippen molar-refractivity contribution in [3.63, 3.8) is 0 Å². The second kappa shape index (κ2) is 7.77. The van der Waals surface area contributed by atoms with Gasteiger partial charge in [-0.15, -0.1) is 0 Å². The molecule has 0 N–H and O–H groups in total. The van der Waals surface area contributed by atoms with Crippen molar-refractivity contribution in [2.75, 3.05) is 26.2 Å². The summed E-state index contributed by atoms with van der Waals surface area (Å²) in [6.07, 6.45) is 1.64. The Balaban J connectivity index is 1.42. The van der Waals surface area contributed by atoms with E-state index in [0.29, 0.717) is 23.7 Å². The number of carbonyl (C=O) groups is 1. The predicted octanol–water partition coefficient (Wildman–Crippen LogP) is 3.09. The van der Waals surface area contributed by atoms with Crippen LogP contribution in [0, 0.1) is 13.8 Å². The molecule has 1 saturated heterocycles. The second-order valence-corrected chi connectivity index (χ2v) is 7.47. The molecular formula is C20H22ClN5O2. The highest BCUT2D eigenvalue weighted by Crippen LogP contribution is 2.20. The van der Waals surface area contributed by atoms with Crippen molar-refractivity contribution >= 4 is 17.5 Å². The molecule has 1 aliphatic rings. The topological polar surface area (TPSA) is 67.4 Å². The predicted molar refractivity (Wildman–Crippen MR) is 106 cm³/mol. The smallest absolute Gasteiger partial charge is 0.257 e. The van der Waals surface area contributed by atoms with Gasteiger partial charge in [0.1, 0.15) is 5.76 Å². The van der Waals surface area contributed by atoms with Crippen LogP contribution < -0.4 is 0 Å². The third-order valence-electron chi connectivity index (χ3n) is 5.01. The molecule has 0 atom stereocenters. The fraction of sp³-hybridized carbons (Fsp3) is 0.350. The van der Waals surface area contributed by atoms with Crippen molar-refractivity contribution in [3.8, 4) is 5.69 Å². The Kier molecular flexibility index (Phi) is 5.19. The van der Waals surface area contributed by atoms with Crippen LogP contribution in [0.5, 0.6) is 0 Å². The first kappa shape index (κ1) is 18.7. The Bertz CT molecular complexity index is 988. The second-order valence-electron chi connectivity index (χ2n) is 7.03. The summed E-state index contributed by atoms with van der Waals surface area (Å²) in [4.78, 5) is 17.2. The van der Waals surface area contributed by atoms with Crippen LogP contribution in [0.25, 0.3) is 5.69 Å². The third-order valence-corrected chi connectivity index (χ3v) is 5.25. The van der Waals surface area contributed by atoms with Crippen LogP contribution in [0.3, 0.4) is 0 Å².